The molecule has 0 atom stereocenters. The Kier molecular flexibility index (Phi) is 4.75. The number of ether oxygens (including phenoxy) is 1. The standard InChI is InChI=1S/C18H22N6O2/c1-13-21-15-3-7-24(18(25)16-12-19-4-5-20-16)6-2-14(15)17(22-13)23-8-10-26-11-9-23/h4-5,12H,2-3,6-11H2,1H3. The van der Waals surface area contributed by atoms with Gasteiger partial charge in [0.1, 0.15) is 17.3 Å². The molecular formula is C18H22N6O2. The zero-order valence-corrected chi connectivity index (χ0v) is 14.9. The summed E-state index contributed by atoms with van der Waals surface area (Å²) in [5.41, 5.74) is 2.59. The van der Waals surface area contributed by atoms with Gasteiger partial charge in [0.15, 0.2) is 0 Å². The SMILES string of the molecule is Cc1nc2c(c(N3CCOCC3)n1)CCN(C(=O)c1cnccn1)CC2. The van der Waals surface area contributed by atoms with Crippen LogP contribution in [0.4, 0.5) is 5.82 Å². The van der Waals surface area contributed by atoms with Gasteiger partial charge >= 0.3 is 0 Å². The maximum atomic E-state index is 12.7. The van der Waals surface area contributed by atoms with Crippen molar-refractivity contribution in [2.24, 2.45) is 0 Å². The second-order valence-corrected chi connectivity index (χ2v) is 6.50. The van der Waals surface area contributed by atoms with Gasteiger partial charge in [-0.1, -0.05) is 0 Å². The van der Waals surface area contributed by atoms with Crippen molar-refractivity contribution in [3.05, 3.63) is 41.4 Å². The number of aromatic nitrogens is 4. The zero-order valence-electron chi connectivity index (χ0n) is 14.9. The molecular weight excluding hydrogens is 332 g/mol. The normalized spacial score (nSPS) is 17.6. The molecule has 0 saturated carbocycles. The highest BCUT2D eigenvalue weighted by Crippen LogP contribution is 2.25. The number of anilines is 1. The highest BCUT2D eigenvalue weighted by atomic mass is 16.5. The van der Waals surface area contributed by atoms with Crippen LogP contribution in [0.2, 0.25) is 0 Å². The van der Waals surface area contributed by atoms with E-state index >= 15 is 0 Å². The summed E-state index contributed by atoms with van der Waals surface area (Å²) < 4.78 is 5.47. The van der Waals surface area contributed by atoms with Crippen molar-refractivity contribution in [2.45, 2.75) is 19.8 Å². The first-order valence-corrected chi connectivity index (χ1v) is 8.97. The number of fused-ring (bicyclic) bond motifs is 1. The molecule has 1 amide bonds. The third kappa shape index (κ3) is 3.37. The first-order valence-electron chi connectivity index (χ1n) is 8.97. The molecule has 2 aromatic heterocycles. The van der Waals surface area contributed by atoms with E-state index in [2.05, 4.69) is 19.9 Å². The molecule has 136 valence electrons. The second kappa shape index (κ2) is 7.33. The Hall–Kier alpha value is -2.61. The van der Waals surface area contributed by atoms with Crippen molar-refractivity contribution in [3.63, 3.8) is 0 Å². The molecule has 0 spiro atoms. The smallest absolute Gasteiger partial charge is 0.274 e. The summed E-state index contributed by atoms with van der Waals surface area (Å²) in [6, 6.07) is 0. The minimum atomic E-state index is -0.0801. The van der Waals surface area contributed by atoms with Crippen molar-refractivity contribution in [1.82, 2.24) is 24.8 Å². The summed E-state index contributed by atoms with van der Waals surface area (Å²) in [5, 5.41) is 0. The summed E-state index contributed by atoms with van der Waals surface area (Å²) in [7, 11) is 0. The van der Waals surface area contributed by atoms with Crippen LogP contribution in [-0.2, 0) is 17.6 Å². The molecule has 8 heteroatoms. The highest BCUT2D eigenvalue weighted by molar-refractivity contribution is 5.92. The topological polar surface area (TPSA) is 84.3 Å². The van der Waals surface area contributed by atoms with E-state index in [1.54, 1.807) is 12.4 Å². The Morgan fingerprint density at radius 1 is 1.08 bits per heavy atom. The average Bonchev–Trinajstić information content (AvgIpc) is 2.91. The van der Waals surface area contributed by atoms with Crippen LogP contribution in [0.5, 0.6) is 0 Å². The van der Waals surface area contributed by atoms with Crippen LogP contribution in [0.25, 0.3) is 0 Å². The van der Waals surface area contributed by atoms with Crippen LogP contribution in [0.15, 0.2) is 18.6 Å². The van der Waals surface area contributed by atoms with Gasteiger partial charge in [0.2, 0.25) is 0 Å². The number of amides is 1. The molecule has 2 aliphatic rings. The number of morpholine rings is 1. The fraction of sp³-hybridized carbons (Fsp3) is 0.500. The molecule has 1 fully saturated rings. The molecule has 0 bridgehead atoms. The molecule has 4 heterocycles. The van der Waals surface area contributed by atoms with Crippen LogP contribution in [-0.4, -0.2) is 70.1 Å². The Balaban J connectivity index is 1.58. The third-order valence-electron chi connectivity index (χ3n) is 4.81. The third-order valence-corrected chi connectivity index (χ3v) is 4.81. The van der Waals surface area contributed by atoms with E-state index in [0.29, 0.717) is 18.8 Å². The molecule has 0 N–H and O–H groups in total. The van der Waals surface area contributed by atoms with E-state index in [0.717, 1.165) is 62.0 Å². The number of nitrogens with zero attached hydrogens (tertiary/aromatic N) is 6. The summed E-state index contributed by atoms with van der Waals surface area (Å²) in [6.07, 6.45) is 6.10. The van der Waals surface area contributed by atoms with Gasteiger partial charge < -0.3 is 14.5 Å². The maximum Gasteiger partial charge on any atom is 0.274 e. The fourth-order valence-electron chi connectivity index (χ4n) is 3.51. The van der Waals surface area contributed by atoms with E-state index in [9.17, 15) is 4.79 Å². The number of hydrogen-bond donors (Lipinski definition) is 0. The van der Waals surface area contributed by atoms with Gasteiger partial charge in [0, 0.05) is 50.6 Å². The average molecular weight is 354 g/mol. The van der Waals surface area contributed by atoms with Crippen molar-refractivity contribution in [3.8, 4) is 0 Å². The quantitative estimate of drug-likeness (QED) is 0.783. The summed E-state index contributed by atoms with van der Waals surface area (Å²) in [5.74, 6) is 1.70. The van der Waals surface area contributed by atoms with E-state index in [1.807, 2.05) is 11.8 Å². The summed E-state index contributed by atoms with van der Waals surface area (Å²) in [4.78, 5) is 34.3. The number of rotatable bonds is 2. The lowest BCUT2D eigenvalue weighted by molar-refractivity contribution is 0.0756. The Morgan fingerprint density at radius 2 is 1.88 bits per heavy atom. The molecule has 2 aromatic rings. The summed E-state index contributed by atoms with van der Waals surface area (Å²) in [6.45, 7) is 6.30. The van der Waals surface area contributed by atoms with Crippen molar-refractivity contribution < 1.29 is 9.53 Å². The Bertz CT molecular complexity index is 792. The first-order chi connectivity index (χ1) is 12.7. The van der Waals surface area contributed by atoms with Crippen molar-refractivity contribution in [1.29, 1.82) is 0 Å². The van der Waals surface area contributed by atoms with Crippen LogP contribution in [0.1, 0.15) is 27.6 Å². The monoisotopic (exact) mass is 354 g/mol. The van der Waals surface area contributed by atoms with E-state index in [1.165, 1.54) is 6.20 Å². The van der Waals surface area contributed by atoms with Gasteiger partial charge in [-0.2, -0.15) is 0 Å². The Morgan fingerprint density at radius 3 is 2.65 bits per heavy atom. The van der Waals surface area contributed by atoms with Gasteiger partial charge in [-0.05, 0) is 13.3 Å². The number of carbonyl (C=O) groups is 1. The predicted molar refractivity (Wildman–Crippen MR) is 95.1 cm³/mol. The maximum absolute atomic E-state index is 12.7. The first kappa shape index (κ1) is 16.8. The molecule has 0 aromatic carbocycles. The van der Waals surface area contributed by atoms with Gasteiger partial charge in [0.05, 0.1) is 25.1 Å². The molecule has 0 aliphatic carbocycles. The molecule has 0 unspecified atom stereocenters. The van der Waals surface area contributed by atoms with Gasteiger partial charge in [0.25, 0.3) is 5.91 Å². The molecule has 26 heavy (non-hydrogen) atoms. The van der Waals surface area contributed by atoms with Crippen LogP contribution in [0, 0.1) is 6.92 Å². The van der Waals surface area contributed by atoms with Crippen LogP contribution < -0.4 is 4.90 Å². The van der Waals surface area contributed by atoms with E-state index in [4.69, 9.17) is 9.72 Å². The van der Waals surface area contributed by atoms with E-state index in [-0.39, 0.29) is 5.91 Å². The minimum Gasteiger partial charge on any atom is -0.378 e. The van der Waals surface area contributed by atoms with Crippen molar-refractivity contribution >= 4 is 11.7 Å². The zero-order chi connectivity index (χ0) is 17.9. The van der Waals surface area contributed by atoms with Crippen LogP contribution in [0.3, 0.4) is 0 Å². The second-order valence-electron chi connectivity index (χ2n) is 6.50. The van der Waals surface area contributed by atoms with Gasteiger partial charge in [-0.3, -0.25) is 9.78 Å². The number of carbonyl (C=O) groups excluding carboxylic acids is 1. The highest BCUT2D eigenvalue weighted by Gasteiger charge is 2.26. The van der Waals surface area contributed by atoms with Gasteiger partial charge in [-0.25, -0.2) is 15.0 Å². The fourth-order valence-corrected chi connectivity index (χ4v) is 3.51. The van der Waals surface area contributed by atoms with Crippen LogP contribution >= 0.6 is 0 Å². The van der Waals surface area contributed by atoms with E-state index < -0.39 is 0 Å². The number of aryl methyl sites for hydroxylation is 1. The predicted octanol–water partition coefficient (Wildman–Crippen LogP) is 0.653. The minimum absolute atomic E-state index is 0.0801. The molecule has 2 aliphatic heterocycles. The number of hydrogen-bond acceptors (Lipinski definition) is 7. The van der Waals surface area contributed by atoms with Gasteiger partial charge in [-0.15, -0.1) is 0 Å². The summed E-state index contributed by atoms with van der Waals surface area (Å²) >= 11 is 0. The Labute approximate surface area is 152 Å². The largest absolute Gasteiger partial charge is 0.378 e. The molecule has 8 nitrogen and oxygen atoms in total. The lowest BCUT2D eigenvalue weighted by Crippen LogP contribution is -2.38. The van der Waals surface area contributed by atoms with Crippen molar-refractivity contribution in [2.75, 3.05) is 44.3 Å². The molecule has 4 rings (SSSR count). The molecule has 1 saturated heterocycles. The molecule has 0 radical (unpaired) electrons. The lowest BCUT2D eigenvalue weighted by Gasteiger charge is -2.30. The lowest BCUT2D eigenvalue weighted by atomic mass is 10.1.